The van der Waals surface area contributed by atoms with E-state index in [1.165, 1.54) is 0 Å². The molecule has 4 rings (SSSR count). The minimum absolute atomic E-state index is 0.107. The Hall–Kier alpha value is -0.610. The molecule has 106 valence electrons. The first-order chi connectivity index (χ1) is 8.86. The molecule has 2 saturated heterocycles. The van der Waals surface area contributed by atoms with Crippen LogP contribution in [-0.2, 0) is 14.3 Å². The number of carbonyl (C=O) groups is 1. The molecule has 19 heavy (non-hydrogen) atoms. The summed E-state index contributed by atoms with van der Waals surface area (Å²) in [5.41, 5.74) is -0.929. The Balaban J connectivity index is 1.83. The molecule has 0 amide bonds. The Kier molecular flexibility index (Phi) is 2.03. The van der Waals surface area contributed by atoms with E-state index in [2.05, 4.69) is 13.8 Å². The second-order valence-corrected chi connectivity index (χ2v) is 7.40. The molecule has 0 aromatic rings. The summed E-state index contributed by atoms with van der Waals surface area (Å²) in [6.45, 7) is 6.16. The molecule has 4 fully saturated rings. The molecule has 0 bridgehead atoms. The van der Waals surface area contributed by atoms with Crippen LogP contribution in [0.15, 0.2) is 0 Å². The quantitative estimate of drug-likeness (QED) is 0.535. The van der Waals surface area contributed by atoms with Crippen LogP contribution in [0.2, 0.25) is 0 Å². The van der Waals surface area contributed by atoms with Gasteiger partial charge in [0.05, 0.1) is 17.6 Å². The molecule has 0 aromatic heterocycles. The molecule has 0 aromatic carbocycles. The third-order valence-corrected chi connectivity index (χ3v) is 6.61. The van der Waals surface area contributed by atoms with Gasteiger partial charge < -0.3 is 14.6 Å². The van der Waals surface area contributed by atoms with Crippen LogP contribution in [0.1, 0.15) is 46.5 Å². The number of aliphatic hydroxyl groups is 1. The average Bonchev–Trinajstić information content (AvgIpc) is 2.90. The Morgan fingerprint density at radius 3 is 2.79 bits per heavy atom. The van der Waals surface area contributed by atoms with Gasteiger partial charge in [-0.15, -0.1) is 0 Å². The van der Waals surface area contributed by atoms with Crippen LogP contribution in [0, 0.1) is 17.3 Å². The van der Waals surface area contributed by atoms with E-state index in [0.717, 1.165) is 19.3 Å². The Bertz CT molecular complexity index is 463. The summed E-state index contributed by atoms with van der Waals surface area (Å²) in [6, 6.07) is 0. The van der Waals surface area contributed by atoms with E-state index < -0.39 is 11.7 Å². The fourth-order valence-corrected chi connectivity index (χ4v) is 5.35. The second kappa shape index (κ2) is 3.17. The molecular formula is C15H22O4. The van der Waals surface area contributed by atoms with E-state index in [0.29, 0.717) is 6.42 Å². The monoisotopic (exact) mass is 266 g/mol. The zero-order valence-corrected chi connectivity index (χ0v) is 11.8. The molecule has 4 heteroatoms. The number of rotatable bonds is 0. The molecule has 0 radical (unpaired) electrons. The number of fused-ring (bicyclic) bond motifs is 1. The number of hydrogen-bond donors (Lipinski definition) is 1. The number of ether oxygens (including phenoxy) is 2. The fourth-order valence-electron chi connectivity index (χ4n) is 5.35. The van der Waals surface area contributed by atoms with E-state index >= 15 is 0 Å². The average molecular weight is 266 g/mol. The summed E-state index contributed by atoms with van der Waals surface area (Å²) < 4.78 is 11.9. The first-order valence-electron chi connectivity index (χ1n) is 7.44. The van der Waals surface area contributed by atoms with E-state index in [4.69, 9.17) is 9.47 Å². The van der Waals surface area contributed by atoms with Crippen LogP contribution in [-0.4, -0.2) is 34.5 Å². The largest absolute Gasteiger partial charge is 0.459 e. The summed E-state index contributed by atoms with van der Waals surface area (Å²) in [6.07, 6.45) is 3.15. The molecule has 7 atom stereocenters. The normalized spacial score (nSPS) is 62.8. The van der Waals surface area contributed by atoms with Gasteiger partial charge in [0.25, 0.3) is 0 Å². The van der Waals surface area contributed by atoms with E-state index in [1.54, 1.807) is 0 Å². The third kappa shape index (κ3) is 1.09. The zero-order valence-electron chi connectivity index (χ0n) is 11.8. The van der Waals surface area contributed by atoms with Crippen molar-refractivity contribution in [1.29, 1.82) is 0 Å². The van der Waals surface area contributed by atoms with Crippen molar-refractivity contribution in [2.75, 3.05) is 0 Å². The maximum atomic E-state index is 11.9. The highest BCUT2D eigenvalue weighted by atomic mass is 16.7. The minimum atomic E-state index is -0.443. The van der Waals surface area contributed by atoms with Gasteiger partial charge in [0.1, 0.15) is 11.7 Å². The molecule has 1 spiro atoms. The lowest BCUT2D eigenvalue weighted by atomic mass is 9.52. The zero-order chi connectivity index (χ0) is 13.6. The van der Waals surface area contributed by atoms with Crippen LogP contribution in [0.4, 0.5) is 0 Å². The van der Waals surface area contributed by atoms with Crippen molar-refractivity contribution in [2.24, 2.45) is 17.3 Å². The topological polar surface area (TPSA) is 59.1 Å². The van der Waals surface area contributed by atoms with Gasteiger partial charge in [0, 0.05) is 11.3 Å². The van der Waals surface area contributed by atoms with Gasteiger partial charge in [-0.05, 0) is 32.6 Å². The first-order valence-corrected chi connectivity index (χ1v) is 7.44. The van der Waals surface area contributed by atoms with Crippen molar-refractivity contribution in [3.05, 3.63) is 0 Å². The maximum Gasteiger partial charge on any atom is 0.309 e. The first kappa shape index (κ1) is 12.2. The van der Waals surface area contributed by atoms with Crippen LogP contribution < -0.4 is 0 Å². The highest BCUT2D eigenvalue weighted by Crippen LogP contribution is 2.73. The minimum Gasteiger partial charge on any atom is -0.459 e. The summed E-state index contributed by atoms with van der Waals surface area (Å²) >= 11 is 0. The van der Waals surface area contributed by atoms with E-state index in [1.807, 2.05) is 6.92 Å². The summed E-state index contributed by atoms with van der Waals surface area (Å²) in [5, 5.41) is 10.7. The van der Waals surface area contributed by atoms with Crippen molar-refractivity contribution in [3.63, 3.8) is 0 Å². The molecule has 4 aliphatic rings. The predicted molar refractivity (Wildman–Crippen MR) is 67.3 cm³/mol. The van der Waals surface area contributed by atoms with Crippen molar-refractivity contribution in [3.8, 4) is 0 Å². The number of hydrogen-bond acceptors (Lipinski definition) is 4. The van der Waals surface area contributed by atoms with Gasteiger partial charge in [-0.3, -0.25) is 4.79 Å². The molecule has 2 saturated carbocycles. The van der Waals surface area contributed by atoms with Crippen LogP contribution in [0.5, 0.6) is 0 Å². The lowest BCUT2D eigenvalue weighted by Crippen LogP contribution is -2.63. The Labute approximate surface area is 113 Å². The molecule has 1 N–H and O–H groups in total. The molecule has 2 heterocycles. The predicted octanol–water partition coefficient (Wildman–Crippen LogP) is 1.65. The van der Waals surface area contributed by atoms with E-state index in [9.17, 15) is 9.90 Å². The lowest BCUT2D eigenvalue weighted by molar-refractivity contribution is -0.162. The SMILES string of the molecule is C[C@H]1C(=O)O[C@@H]2[C@H]1C[C@H](O)[C@@]1(C)CCC[C@]3(C)O[C@@]231. The highest BCUT2D eigenvalue weighted by molar-refractivity contribution is 5.75. The molecule has 2 aliphatic carbocycles. The molecule has 2 aliphatic heterocycles. The Morgan fingerprint density at radius 2 is 2.05 bits per heavy atom. The summed E-state index contributed by atoms with van der Waals surface area (Å²) in [4.78, 5) is 11.9. The van der Waals surface area contributed by atoms with Crippen molar-refractivity contribution in [2.45, 2.75) is 69.9 Å². The smallest absolute Gasteiger partial charge is 0.309 e. The van der Waals surface area contributed by atoms with Gasteiger partial charge in [0.15, 0.2) is 0 Å². The van der Waals surface area contributed by atoms with Crippen molar-refractivity contribution in [1.82, 2.24) is 0 Å². The number of epoxide rings is 1. The van der Waals surface area contributed by atoms with Gasteiger partial charge >= 0.3 is 5.97 Å². The van der Waals surface area contributed by atoms with Crippen molar-refractivity contribution >= 4 is 5.97 Å². The van der Waals surface area contributed by atoms with Gasteiger partial charge in [-0.25, -0.2) is 0 Å². The summed E-state index contributed by atoms with van der Waals surface area (Å²) in [7, 11) is 0. The van der Waals surface area contributed by atoms with Crippen LogP contribution in [0.25, 0.3) is 0 Å². The van der Waals surface area contributed by atoms with Gasteiger partial charge in [-0.1, -0.05) is 13.8 Å². The Morgan fingerprint density at radius 1 is 1.32 bits per heavy atom. The standard InChI is InChI=1S/C15H22O4/c1-8-9-7-10(16)13(2)5-4-6-14(3)15(13,19-14)11(9)18-12(8)17/h8-11,16H,4-7H2,1-3H3/t8-,9+,10+,11-,13-,14+,15-/m1/s1. The maximum absolute atomic E-state index is 11.9. The van der Waals surface area contributed by atoms with E-state index in [-0.39, 0.29) is 34.9 Å². The van der Waals surface area contributed by atoms with Crippen LogP contribution in [0.3, 0.4) is 0 Å². The molecule has 0 unspecified atom stereocenters. The number of esters is 1. The number of aliphatic hydroxyl groups excluding tert-OH is 1. The third-order valence-electron chi connectivity index (χ3n) is 6.61. The lowest BCUT2D eigenvalue weighted by Gasteiger charge is -2.51. The summed E-state index contributed by atoms with van der Waals surface area (Å²) in [5.74, 6) is -0.131. The highest BCUT2D eigenvalue weighted by Gasteiger charge is 2.85. The molecule has 4 nitrogen and oxygen atoms in total. The fraction of sp³-hybridized carbons (Fsp3) is 0.933. The van der Waals surface area contributed by atoms with Gasteiger partial charge in [0.2, 0.25) is 0 Å². The van der Waals surface area contributed by atoms with Crippen molar-refractivity contribution < 1.29 is 19.4 Å². The molecular weight excluding hydrogens is 244 g/mol. The van der Waals surface area contributed by atoms with Crippen LogP contribution >= 0.6 is 0 Å². The van der Waals surface area contributed by atoms with Gasteiger partial charge in [-0.2, -0.15) is 0 Å². The number of carbonyl (C=O) groups excluding carboxylic acids is 1. The second-order valence-electron chi connectivity index (χ2n) is 7.40.